The van der Waals surface area contributed by atoms with Crippen LogP contribution in [0.4, 0.5) is 5.69 Å². The van der Waals surface area contributed by atoms with Crippen LogP contribution in [-0.4, -0.2) is 30.3 Å². The van der Waals surface area contributed by atoms with Crippen LogP contribution >= 0.6 is 11.8 Å². The van der Waals surface area contributed by atoms with Crippen molar-refractivity contribution in [3.05, 3.63) is 47.7 Å². The van der Waals surface area contributed by atoms with E-state index in [0.29, 0.717) is 0 Å². The van der Waals surface area contributed by atoms with Crippen LogP contribution in [0.2, 0.25) is 0 Å². The normalized spacial score (nSPS) is 21.4. The number of carbonyl (C=O) groups is 2. The summed E-state index contributed by atoms with van der Waals surface area (Å²) in [6, 6.07) is 7.54. The van der Waals surface area contributed by atoms with Gasteiger partial charge in [-0.2, -0.15) is 0 Å². The van der Waals surface area contributed by atoms with Gasteiger partial charge in [-0.15, -0.1) is 11.8 Å². The zero-order chi connectivity index (χ0) is 17.7. The van der Waals surface area contributed by atoms with Crippen molar-refractivity contribution in [2.24, 2.45) is 0 Å². The number of fused-ring (bicyclic) bond motifs is 1. The highest BCUT2D eigenvalue weighted by atomic mass is 32.2. The smallest absolute Gasteiger partial charge is 0.303 e. The summed E-state index contributed by atoms with van der Waals surface area (Å²) in [5.41, 5.74) is 1.64. The van der Waals surface area contributed by atoms with Crippen LogP contribution in [0.15, 0.2) is 52.6 Å². The van der Waals surface area contributed by atoms with E-state index in [0.717, 1.165) is 21.9 Å². The molecule has 0 aromatic heterocycles. The van der Waals surface area contributed by atoms with Gasteiger partial charge in [0, 0.05) is 11.8 Å². The SMILES string of the molecule is CO/C(C)=C/C=C(\C)C1Sc2ccccc2NC(=O)C1OC(C)=O. The second kappa shape index (κ2) is 8.06. The number of allylic oxidation sites excluding steroid dienone is 3. The summed E-state index contributed by atoms with van der Waals surface area (Å²) in [7, 11) is 1.60. The average molecular weight is 347 g/mol. The van der Waals surface area contributed by atoms with Crippen molar-refractivity contribution >= 4 is 29.3 Å². The first-order valence-electron chi connectivity index (χ1n) is 7.55. The molecule has 2 rings (SSSR count). The van der Waals surface area contributed by atoms with Gasteiger partial charge >= 0.3 is 5.97 Å². The minimum absolute atomic E-state index is 0.321. The molecule has 0 saturated heterocycles. The molecule has 24 heavy (non-hydrogen) atoms. The van der Waals surface area contributed by atoms with E-state index in [1.807, 2.05) is 50.3 Å². The van der Waals surface area contributed by atoms with Crippen LogP contribution in [0.1, 0.15) is 20.8 Å². The maximum absolute atomic E-state index is 12.6. The molecule has 1 amide bonds. The molecule has 1 aliphatic heterocycles. The number of benzene rings is 1. The number of nitrogens with one attached hydrogen (secondary N) is 1. The Morgan fingerprint density at radius 1 is 1.21 bits per heavy atom. The third-order valence-corrected chi connectivity index (χ3v) is 5.06. The molecule has 0 saturated carbocycles. The first-order chi connectivity index (χ1) is 11.4. The van der Waals surface area contributed by atoms with Crippen LogP contribution in [0.3, 0.4) is 0 Å². The molecule has 1 aromatic rings. The quantitative estimate of drug-likeness (QED) is 0.513. The molecule has 6 heteroatoms. The molecular formula is C18H21NO4S. The fourth-order valence-electron chi connectivity index (χ4n) is 2.25. The number of ether oxygens (including phenoxy) is 2. The predicted molar refractivity (Wildman–Crippen MR) is 94.8 cm³/mol. The molecule has 0 fully saturated rings. The molecule has 0 bridgehead atoms. The van der Waals surface area contributed by atoms with Gasteiger partial charge < -0.3 is 14.8 Å². The number of anilines is 1. The van der Waals surface area contributed by atoms with Gasteiger partial charge in [-0.1, -0.05) is 23.8 Å². The summed E-state index contributed by atoms with van der Waals surface area (Å²) in [5.74, 6) is -0.0576. The van der Waals surface area contributed by atoms with Crippen LogP contribution in [0.5, 0.6) is 0 Å². The largest absolute Gasteiger partial charge is 0.501 e. The molecule has 1 heterocycles. The van der Waals surface area contributed by atoms with Crippen molar-refractivity contribution in [2.45, 2.75) is 37.0 Å². The van der Waals surface area contributed by atoms with Gasteiger partial charge in [-0.3, -0.25) is 9.59 Å². The van der Waals surface area contributed by atoms with E-state index in [1.54, 1.807) is 7.11 Å². The lowest BCUT2D eigenvalue weighted by Gasteiger charge is -2.23. The van der Waals surface area contributed by atoms with Crippen molar-refractivity contribution in [3.8, 4) is 0 Å². The summed E-state index contributed by atoms with van der Waals surface area (Å²) in [4.78, 5) is 24.9. The number of hydrogen-bond donors (Lipinski definition) is 1. The molecule has 5 nitrogen and oxygen atoms in total. The summed E-state index contributed by atoms with van der Waals surface area (Å²) in [6.45, 7) is 5.06. The number of thioether (sulfide) groups is 1. The lowest BCUT2D eigenvalue weighted by molar-refractivity contribution is -0.151. The Balaban J connectivity index is 2.41. The zero-order valence-electron chi connectivity index (χ0n) is 14.2. The van der Waals surface area contributed by atoms with Crippen molar-refractivity contribution in [1.29, 1.82) is 0 Å². The molecule has 2 unspecified atom stereocenters. The Morgan fingerprint density at radius 3 is 2.58 bits per heavy atom. The summed E-state index contributed by atoms with van der Waals surface area (Å²) in [5, 5.41) is 2.51. The van der Waals surface area contributed by atoms with E-state index in [2.05, 4.69) is 5.32 Å². The van der Waals surface area contributed by atoms with Crippen LogP contribution in [0.25, 0.3) is 0 Å². The number of methoxy groups -OCH3 is 1. The summed E-state index contributed by atoms with van der Waals surface area (Å²) in [6.07, 6.45) is 2.82. The molecule has 1 aliphatic rings. The highest BCUT2D eigenvalue weighted by Gasteiger charge is 2.36. The maximum atomic E-state index is 12.6. The second-order valence-electron chi connectivity index (χ2n) is 5.45. The molecule has 0 spiro atoms. The first-order valence-corrected chi connectivity index (χ1v) is 8.43. The minimum atomic E-state index is -0.896. The number of carbonyl (C=O) groups excluding carboxylic acids is 2. The molecule has 1 N–H and O–H groups in total. The molecule has 0 radical (unpaired) electrons. The topological polar surface area (TPSA) is 64.6 Å². The van der Waals surface area contributed by atoms with E-state index in [9.17, 15) is 9.59 Å². The lowest BCUT2D eigenvalue weighted by Crippen LogP contribution is -2.39. The Morgan fingerprint density at radius 2 is 1.92 bits per heavy atom. The first kappa shape index (κ1) is 18.1. The number of rotatable bonds is 4. The van der Waals surface area contributed by atoms with Crippen molar-refractivity contribution in [1.82, 2.24) is 0 Å². The number of para-hydroxylation sites is 1. The predicted octanol–water partition coefficient (Wildman–Crippen LogP) is 3.53. The van der Waals surface area contributed by atoms with Gasteiger partial charge in [-0.05, 0) is 32.1 Å². The Bertz CT molecular complexity index is 696. The molecule has 1 aromatic carbocycles. The van der Waals surface area contributed by atoms with Gasteiger partial charge in [0.1, 0.15) is 0 Å². The molecule has 2 atom stereocenters. The fourth-order valence-corrected chi connectivity index (χ4v) is 3.49. The van der Waals surface area contributed by atoms with Gasteiger partial charge in [0.2, 0.25) is 0 Å². The number of esters is 1. The van der Waals surface area contributed by atoms with Gasteiger partial charge in [0.25, 0.3) is 5.91 Å². The van der Waals surface area contributed by atoms with E-state index in [1.165, 1.54) is 18.7 Å². The summed E-state index contributed by atoms with van der Waals surface area (Å²) < 4.78 is 10.4. The van der Waals surface area contributed by atoms with Gasteiger partial charge in [-0.25, -0.2) is 0 Å². The fraction of sp³-hybridized carbons (Fsp3) is 0.333. The minimum Gasteiger partial charge on any atom is -0.501 e. The third-order valence-electron chi connectivity index (χ3n) is 3.58. The van der Waals surface area contributed by atoms with Crippen LogP contribution in [0, 0.1) is 0 Å². The van der Waals surface area contributed by atoms with E-state index in [-0.39, 0.29) is 11.2 Å². The van der Waals surface area contributed by atoms with E-state index in [4.69, 9.17) is 9.47 Å². The Labute approximate surface area is 146 Å². The Kier molecular flexibility index (Phi) is 6.09. The van der Waals surface area contributed by atoms with Crippen molar-refractivity contribution in [3.63, 3.8) is 0 Å². The van der Waals surface area contributed by atoms with Crippen LogP contribution < -0.4 is 5.32 Å². The van der Waals surface area contributed by atoms with Crippen molar-refractivity contribution < 1.29 is 19.1 Å². The molecule has 128 valence electrons. The lowest BCUT2D eigenvalue weighted by atomic mass is 10.1. The Hall–Kier alpha value is -2.21. The highest BCUT2D eigenvalue weighted by Crippen LogP contribution is 2.39. The third kappa shape index (κ3) is 4.41. The van der Waals surface area contributed by atoms with E-state index >= 15 is 0 Å². The standard InChI is InChI=1S/C18H21NO4S/c1-11(9-10-12(2)22-4)17-16(23-13(3)20)18(21)19-14-7-5-6-8-15(14)24-17/h5-10,16-17H,1-4H3,(H,19,21)/b11-9+,12-10+. The zero-order valence-corrected chi connectivity index (χ0v) is 15.0. The maximum Gasteiger partial charge on any atom is 0.303 e. The highest BCUT2D eigenvalue weighted by molar-refractivity contribution is 8.00. The average Bonchev–Trinajstić information content (AvgIpc) is 2.69. The second-order valence-corrected chi connectivity index (χ2v) is 6.63. The molecular weight excluding hydrogens is 326 g/mol. The van der Waals surface area contributed by atoms with E-state index < -0.39 is 12.1 Å². The number of amides is 1. The summed E-state index contributed by atoms with van der Waals surface area (Å²) >= 11 is 1.50. The van der Waals surface area contributed by atoms with Gasteiger partial charge in [0.15, 0.2) is 6.10 Å². The number of hydrogen-bond acceptors (Lipinski definition) is 5. The monoisotopic (exact) mass is 347 g/mol. The van der Waals surface area contributed by atoms with Crippen LogP contribution in [-0.2, 0) is 19.1 Å². The molecule has 0 aliphatic carbocycles. The van der Waals surface area contributed by atoms with Crippen molar-refractivity contribution in [2.75, 3.05) is 12.4 Å². The van der Waals surface area contributed by atoms with Gasteiger partial charge in [0.05, 0.1) is 23.8 Å².